The average Bonchev–Trinajstić information content (AvgIpc) is 2.94. The molecule has 2 atom stereocenters. The smallest absolute Gasteiger partial charge is 0.272 e. The van der Waals surface area contributed by atoms with E-state index in [9.17, 15) is 31.2 Å². The summed E-state index contributed by atoms with van der Waals surface area (Å²) in [6, 6.07) is 9.19. The molecular weight excluding hydrogens is 589 g/mol. The van der Waals surface area contributed by atoms with Gasteiger partial charge >= 0.3 is 0 Å². The van der Waals surface area contributed by atoms with Crippen molar-refractivity contribution in [1.82, 2.24) is 19.9 Å². The quantitative estimate of drug-likeness (QED) is 0.342. The van der Waals surface area contributed by atoms with Gasteiger partial charge in [-0.05, 0) is 55.5 Å². The molecule has 0 bridgehead atoms. The van der Waals surface area contributed by atoms with E-state index in [1.165, 1.54) is 34.9 Å². The first-order valence-electron chi connectivity index (χ1n) is 13.9. The number of aromatic nitrogens is 2. The van der Waals surface area contributed by atoms with Crippen LogP contribution in [0.2, 0.25) is 0 Å². The number of hydrogen-bond donors (Lipinski definition) is 1. The number of nitrogens with one attached hydrogen (secondary N) is 1. The Morgan fingerprint density at radius 1 is 1.21 bits per heavy atom. The molecule has 14 heteroatoms. The minimum absolute atomic E-state index is 0.126. The van der Waals surface area contributed by atoms with Crippen LogP contribution in [0.1, 0.15) is 38.2 Å². The van der Waals surface area contributed by atoms with E-state index in [0.717, 1.165) is 19.1 Å². The third-order valence-corrected chi connectivity index (χ3v) is 10.1. The molecule has 1 amide bonds. The van der Waals surface area contributed by atoms with E-state index < -0.39 is 44.1 Å². The minimum Gasteiger partial charge on any atom is -0.350 e. The van der Waals surface area contributed by atoms with E-state index in [2.05, 4.69) is 10.5 Å². The Hall–Kier alpha value is -3.33. The number of nitrogens with zero attached hydrogens (tertiary/aromatic N) is 3. The van der Waals surface area contributed by atoms with Crippen molar-refractivity contribution < 1.29 is 36.0 Å². The molecule has 2 aliphatic heterocycles. The molecule has 1 N–H and O–H groups in total. The molecule has 0 saturated carbocycles. The fourth-order valence-electron chi connectivity index (χ4n) is 5.19. The summed E-state index contributed by atoms with van der Waals surface area (Å²) in [7, 11) is -3.94. The normalized spacial score (nSPS) is 20.3. The zero-order chi connectivity index (χ0) is 31.0. The second-order valence-electron chi connectivity index (χ2n) is 11.4. The molecule has 1 unspecified atom stereocenters. The fraction of sp³-hybridized carbons (Fsp3) is 0.483. The molecule has 2 aromatic carbocycles. The van der Waals surface area contributed by atoms with Crippen molar-refractivity contribution in [3.05, 3.63) is 64.5 Å². The average molecular weight is 623 g/mol. The van der Waals surface area contributed by atoms with Crippen molar-refractivity contribution in [1.29, 1.82) is 0 Å². The highest BCUT2D eigenvalue weighted by Crippen LogP contribution is 2.30. The lowest BCUT2D eigenvalue weighted by molar-refractivity contribution is -0.201. The van der Waals surface area contributed by atoms with Crippen LogP contribution in [-0.2, 0) is 37.3 Å². The van der Waals surface area contributed by atoms with Crippen LogP contribution in [-0.4, -0.2) is 71.7 Å². The zero-order valence-electron chi connectivity index (χ0n) is 23.8. The maximum Gasteiger partial charge on any atom is 0.272 e. The molecule has 2 fully saturated rings. The summed E-state index contributed by atoms with van der Waals surface area (Å²) in [6.07, 6.45) is 3.61. The van der Waals surface area contributed by atoms with Crippen molar-refractivity contribution in [2.24, 2.45) is 0 Å². The van der Waals surface area contributed by atoms with Gasteiger partial charge in [0.1, 0.15) is 5.82 Å². The summed E-state index contributed by atoms with van der Waals surface area (Å²) in [5, 5.41) is 0.227. The first kappa shape index (κ1) is 31.1. The molecule has 2 saturated heterocycles. The molecule has 0 spiro atoms. The van der Waals surface area contributed by atoms with Crippen molar-refractivity contribution in [3.8, 4) is 11.1 Å². The standard InChI is InChI=1S/C29H33F3N4O6S/c1-28(43(2,39)40,27(38)34-42-25-5-3-4-12-41-25)10-11-36-18-33-24-14-20(7-9-22(24)26(36)37)21-8-6-19(13-23(21)30)15-35-16-29(31,32)17-35/h6-9,13-14,18,25H,3-5,10-12,15-17H2,1-2H3,(H,34,38)/t25?,28-/m1/s1. The van der Waals surface area contributed by atoms with E-state index in [-0.39, 0.29) is 43.5 Å². The summed E-state index contributed by atoms with van der Waals surface area (Å²) in [4.78, 5) is 37.3. The number of benzene rings is 2. The maximum atomic E-state index is 15.0. The van der Waals surface area contributed by atoms with E-state index in [4.69, 9.17) is 9.57 Å². The molecule has 0 aliphatic carbocycles. The Labute approximate surface area is 246 Å². The van der Waals surface area contributed by atoms with Gasteiger partial charge in [0.05, 0.1) is 30.3 Å². The molecule has 10 nitrogen and oxygen atoms in total. The largest absolute Gasteiger partial charge is 0.350 e. The number of likely N-dealkylation sites (tertiary alicyclic amines) is 1. The van der Waals surface area contributed by atoms with Gasteiger partial charge < -0.3 is 4.74 Å². The Morgan fingerprint density at radius 3 is 2.63 bits per heavy atom. The second-order valence-corrected chi connectivity index (χ2v) is 13.8. The molecule has 1 aromatic heterocycles. The number of fused-ring (bicyclic) bond motifs is 1. The number of rotatable bonds is 10. The van der Waals surface area contributed by atoms with Crippen LogP contribution in [0.5, 0.6) is 0 Å². The lowest BCUT2D eigenvalue weighted by Crippen LogP contribution is -2.55. The van der Waals surface area contributed by atoms with E-state index >= 15 is 0 Å². The molecule has 3 aromatic rings. The van der Waals surface area contributed by atoms with Crippen LogP contribution in [0.3, 0.4) is 0 Å². The Bertz CT molecular complexity index is 1690. The third-order valence-electron chi connectivity index (χ3n) is 8.04. The highest BCUT2D eigenvalue weighted by Gasteiger charge is 2.44. The van der Waals surface area contributed by atoms with Gasteiger partial charge in [0, 0.05) is 37.9 Å². The number of carbonyl (C=O) groups is 1. The summed E-state index contributed by atoms with van der Waals surface area (Å²) >= 11 is 0. The first-order chi connectivity index (χ1) is 20.3. The Morgan fingerprint density at radius 2 is 1.98 bits per heavy atom. The van der Waals surface area contributed by atoms with E-state index in [0.29, 0.717) is 29.7 Å². The van der Waals surface area contributed by atoms with Crippen LogP contribution in [0.4, 0.5) is 13.2 Å². The van der Waals surface area contributed by atoms with Gasteiger partial charge in [0.2, 0.25) is 0 Å². The van der Waals surface area contributed by atoms with E-state index in [1.807, 2.05) is 0 Å². The number of halogens is 3. The van der Waals surface area contributed by atoms with Crippen molar-refractivity contribution >= 4 is 26.6 Å². The Balaban J connectivity index is 1.30. The van der Waals surface area contributed by atoms with Gasteiger partial charge in [-0.2, -0.15) is 0 Å². The summed E-state index contributed by atoms with van der Waals surface area (Å²) < 4.78 is 71.3. The highest BCUT2D eigenvalue weighted by atomic mass is 32.2. The Kier molecular flexibility index (Phi) is 8.67. The monoisotopic (exact) mass is 622 g/mol. The number of sulfone groups is 1. The van der Waals surface area contributed by atoms with Gasteiger partial charge in [0.25, 0.3) is 17.4 Å². The van der Waals surface area contributed by atoms with Crippen LogP contribution < -0.4 is 11.0 Å². The SMILES string of the molecule is C[C@@](CCn1cnc2cc(-c3ccc(CN4CC(F)(F)C4)cc3F)ccc2c1=O)(C(=O)NOC1CCCCO1)S(C)(=O)=O. The highest BCUT2D eigenvalue weighted by molar-refractivity contribution is 7.92. The van der Waals surface area contributed by atoms with Gasteiger partial charge in [0.15, 0.2) is 20.9 Å². The van der Waals surface area contributed by atoms with Crippen molar-refractivity contribution in [2.75, 3.05) is 26.0 Å². The van der Waals surface area contributed by atoms with Gasteiger partial charge in [-0.15, -0.1) is 0 Å². The number of aryl methyl sites for hydroxylation is 1. The molecule has 5 rings (SSSR count). The third kappa shape index (κ3) is 6.77. The van der Waals surface area contributed by atoms with E-state index in [1.54, 1.807) is 24.3 Å². The van der Waals surface area contributed by atoms with Crippen molar-refractivity contribution in [2.45, 2.75) is 62.7 Å². The predicted octanol–water partition coefficient (Wildman–Crippen LogP) is 3.42. The fourth-order valence-corrected chi connectivity index (χ4v) is 6.03. The van der Waals surface area contributed by atoms with Crippen LogP contribution >= 0.6 is 0 Å². The number of hydrogen-bond acceptors (Lipinski definition) is 8. The lowest BCUT2D eigenvalue weighted by Gasteiger charge is -2.38. The number of ether oxygens (including phenoxy) is 1. The van der Waals surface area contributed by atoms with Gasteiger partial charge in [-0.25, -0.2) is 36.9 Å². The first-order valence-corrected chi connectivity index (χ1v) is 15.8. The summed E-state index contributed by atoms with van der Waals surface area (Å²) in [5.74, 6) is -4.10. The van der Waals surface area contributed by atoms with Crippen LogP contribution in [0.25, 0.3) is 22.0 Å². The predicted molar refractivity (Wildman–Crippen MR) is 152 cm³/mol. The second kappa shape index (κ2) is 12.0. The number of amides is 1. The minimum atomic E-state index is -3.94. The molecule has 2 aliphatic rings. The molecule has 3 heterocycles. The lowest BCUT2D eigenvalue weighted by atomic mass is 10.0. The maximum absolute atomic E-state index is 15.0. The molecule has 232 valence electrons. The number of alkyl halides is 2. The zero-order valence-corrected chi connectivity index (χ0v) is 24.6. The summed E-state index contributed by atoms with van der Waals surface area (Å²) in [6.45, 7) is 1.14. The molecule has 43 heavy (non-hydrogen) atoms. The number of carbonyl (C=O) groups excluding carboxylic acids is 1. The number of hydroxylamine groups is 1. The summed E-state index contributed by atoms with van der Waals surface area (Å²) in [5.41, 5.74) is 3.37. The molecular formula is C29H33F3N4O6S. The molecule has 0 radical (unpaired) electrons. The van der Waals surface area contributed by atoms with Gasteiger partial charge in [-0.1, -0.05) is 18.2 Å². The van der Waals surface area contributed by atoms with Crippen LogP contribution in [0.15, 0.2) is 47.5 Å². The van der Waals surface area contributed by atoms with Gasteiger partial charge in [-0.3, -0.25) is 19.1 Å². The topological polar surface area (TPSA) is 120 Å². The van der Waals surface area contributed by atoms with Crippen molar-refractivity contribution in [3.63, 3.8) is 0 Å². The van der Waals surface area contributed by atoms with Crippen LogP contribution in [0, 0.1) is 5.82 Å².